The quantitative estimate of drug-likeness (QED) is 0.648. The number of benzene rings is 1. The first kappa shape index (κ1) is 21.3. The summed E-state index contributed by atoms with van der Waals surface area (Å²) < 4.78 is 51.0. The number of hydrogen-bond donors (Lipinski definition) is 1. The largest absolute Gasteiger partial charge is 0.489 e. The van der Waals surface area contributed by atoms with Crippen molar-refractivity contribution in [3.63, 3.8) is 0 Å². The minimum absolute atomic E-state index is 0.0436. The normalized spacial score (nSPS) is 15.3. The fraction of sp³-hybridized carbons (Fsp3) is 0.550. The third kappa shape index (κ3) is 6.57. The highest BCUT2D eigenvalue weighted by atomic mass is 19.4. The number of rotatable bonds is 8. The molecule has 0 bridgehead atoms. The van der Waals surface area contributed by atoms with Crippen molar-refractivity contribution in [1.82, 2.24) is 0 Å². The van der Waals surface area contributed by atoms with E-state index in [1.165, 1.54) is 17.7 Å². The number of carboxylic acid groups (broad SMARTS) is 1. The molecule has 1 aliphatic rings. The SMILES string of the molecule is CC(C)CC1=C(COc2ccc(CCC(=O)O)c(C(F)(F)F)c2)COCC1. The van der Waals surface area contributed by atoms with Gasteiger partial charge in [0.2, 0.25) is 0 Å². The summed E-state index contributed by atoms with van der Waals surface area (Å²) in [5.74, 6) is -0.535. The first-order valence-corrected chi connectivity index (χ1v) is 8.99. The lowest BCUT2D eigenvalue weighted by atomic mass is 9.95. The van der Waals surface area contributed by atoms with Crippen molar-refractivity contribution < 1.29 is 32.5 Å². The molecule has 1 N–H and O–H groups in total. The van der Waals surface area contributed by atoms with Gasteiger partial charge in [0.1, 0.15) is 12.4 Å². The van der Waals surface area contributed by atoms with E-state index in [-0.39, 0.29) is 30.8 Å². The van der Waals surface area contributed by atoms with Crippen LogP contribution in [0.1, 0.15) is 44.2 Å². The zero-order valence-electron chi connectivity index (χ0n) is 15.6. The molecule has 1 aliphatic heterocycles. The van der Waals surface area contributed by atoms with E-state index in [1.54, 1.807) is 0 Å². The number of ether oxygens (including phenoxy) is 2. The topological polar surface area (TPSA) is 55.8 Å². The monoisotopic (exact) mass is 386 g/mol. The van der Waals surface area contributed by atoms with E-state index in [1.807, 2.05) is 0 Å². The average Bonchev–Trinajstić information content (AvgIpc) is 2.58. The van der Waals surface area contributed by atoms with Gasteiger partial charge in [-0.1, -0.05) is 25.5 Å². The van der Waals surface area contributed by atoms with Gasteiger partial charge in [0, 0.05) is 6.42 Å². The lowest BCUT2D eigenvalue weighted by molar-refractivity contribution is -0.140. The highest BCUT2D eigenvalue weighted by Crippen LogP contribution is 2.35. The Morgan fingerprint density at radius 1 is 1.30 bits per heavy atom. The van der Waals surface area contributed by atoms with Crippen molar-refractivity contribution in [2.24, 2.45) is 5.92 Å². The number of carbonyl (C=O) groups is 1. The molecule has 7 heteroatoms. The molecule has 0 spiro atoms. The molecule has 150 valence electrons. The second kappa shape index (κ2) is 9.26. The van der Waals surface area contributed by atoms with Gasteiger partial charge in [0.15, 0.2) is 0 Å². The Hall–Kier alpha value is -2.02. The zero-order valence-corrected chi connectivity index (χ0v) is 15.6. The van der Waals surface area contributed by atoms with Crippen molar-refractivity contribution in [1.29, 1.82) is 0 Å². The number of halogens is 3. The third-order valence-electron chi connectivity index (χ3n) is 4.39. The third-order valence-corrected chi connectivity index (χ3v) is 4.39. The summed E-state index contributed by atoms with van der Waals surface area (Å²) >= 11 is 0. The Morgan fingerprint density at radius 2 is 2.04 bits per heavy atom. The van der Waals surface area contributed by atoms with Gasteiger partial charge < -0.3 is 14.6 Å². The van der Waals surface area contributed by atoms with Gasteiger partial charge in [-0.2, -0.15) is 13.2 Å². The second-order valence-electron chi connectivity index (χ2n) is 7.11. The maximum Gasteiger partial charge on any atom is 0.416 e. The van der Waals surface area contributed by atoms with Crippen LogP contribution in [0.2, 0.25) is 0 Å². The minimum Gasteiger partial charge on any atom is -0.489 e. The van der Waals surface area contributed by atoms with Crippen molar-refractivity contribution >= 4 is 5.97 Å². The molecule has 1 aromatic carbocycles. The maximum atomic E-state index is 13.3. The van der Waals surface area contributed by atoms with Gasteiger partial charge in [-0.15, -0.1) is 0 Å². The van der Waals surface area contributed by atoms with Crippen molar-refractivity contribution in [2.75, 3.05) is 19.8 Å². The molecule has 2 rings (SSSR count). The van der Waals surface area contributed by atoms with E-state index in [0.717, 1.165) is 24.5 Å². The summed E-state index contributed by atoms with van der Waals surface area (Å²) in [6.45, 7) is 5.51. The minimum atomic E-state index is -4.57. The van der Waals surface area contributed by atoms with E-state index < -0.39 is 17.7 Å². The van der Waals surface area contributed by atoms with Crippen LogP contribution in [0, 0.1) is 5.92 Å². The lowest BCUT2D eigenvalue weighted by Gasteiger charge is -2.23. The number of hydrogen-bond acceptors (Lipinski definition) is 3. The highest BCUT2D eigenvalue weighted by molar-refractivity contribution is 5.67. The molecule has 0 radical (unpaired) electrons. The molecule has 1 heterocycles. The Morgan fingerprint density at radius 3 is 2.67 bits per heavy atom. The van der Waals surface area contributed by atoms with E-state index in [0.29, 0.717) is 19.1 Å². The van der Waals surface area contributed by atoms with E-state index >= 15 is 0 Å². The molecule has 0 amide bonds. The smallest absolute Gasteiger partial charge is 0.416 e. The van der Waals surface area contributed by atoms with Gasteiger partial charge in [0.25, 0.3) is 0 Å². The Kier molecular flexibility index (Phi) is 7.30. The van der Waals surface area contributed by atoms with E-state index in [9.17, 15) is 18.0 Å². The molecule has 4 nitrogen and oxygen atoms in total. The first-order valence-electron chi connectivity index (χ1n) is 8.99. The van der Waals surface area contributed by atoms with Crippen LogP contribution >= 0.6 is 0 Å². The molecular formula is C20H25F3O4. The second-order valence-corrected chi connectivity index (χ2v) is 7.11. The van der Waals surface area contributed by atoms with Crippen LogP contribution in [0.3, 0.4) is 0 Å². The van der Waals surface area contributed by atoms with Gasteiger partial charge in [-0.25, -0.2) is 0 Å². The fourth-order valence-corrected chi connectivity index (χ4v) is 3.09. The molecule has 0 aromatic heterocycles. The molecular weight excluding hydrogens is 361 g/mol. The van der Waals surface area contributed by atoms with Gasteiger partial charge in [-0.3, -0.25) is 4.79 Å². The summed E-state index contributed by atoms with van der Waals surface area (Å²) in [5, 5.41) is 8.72. The van der Waals surface area contributed by atoms with Crippen LogP contribution in [0.25, 0.3) is 0 Å². The standard InChI is InChI=1S/C20H25F3O4/c1-13(2)9-15-7-8-26-11-16(15)12-27-17-5-3-14(4-6-19(24)25)18(10-17)20(21,22)23/h3,5,10,13H,4,6-9,11-12H2,1-2H3,(H,24,25). The van der Waals surface area contributed by atoms with Crippen LogP contribution in [0.15, 0.2) is 29.3 Å². The van der Waals surface area contributed by atoms with Gasteiger partial charge >= 0.3 is 12.1 Å². The number of alkyl halides is 3. The van der Waals surface area contributed by atoms with Crippen LogP contribution in [0.5, 0.6) is 5.75 Å². The lowest BCUT2D eigenvalue weighted by Crippen LogP contribution is -2.18. The first-order chi connectivity index (χ1) is 12.7. The summed E-state index contributed by atoms with van der Waals surface area (Å²) in [6.07, 6.45) is -3.36. The number of aliphatic carboxylic acids is 1. The Balaban J connectivity index is 2.16. The van der Waals surface area contributed by atoms with E-state index in [2.05, 4.69) is 13.8 Å². The predicted octanol–water partition coefficient (Wildman–Crippen LogP) is 4.86. The average molecular weight is 386 g/mol. The maximum absolute atomic E-state index is 13.3. The molecule has 0 saturated heterocycles. The zero-order chi connectivity index (χ0) is 20.0. The summed E-state index contributed by atoms with van der Waals surface area (Å²) in [6, 6.07) is 3.70. The summed E-state index contributed by atoms with van der Waals surface area (Å²) in [5.41, 5.74) is 1.35. The Labute approximate surface area is 157 Å². The van der Waals surface area contributed by atoms with Gasteiger partial charge in [-0.05, 0) is 48.4 Å². The van der Waals surface area contributed by atoms with Crippen molar-refractivity contribution in [3.8, 4) is 5.75 Å². The van der Waals surface area contributed by atoms with E-state index in [4.69, 9.17) is 14.6 Å². The number of carboxylic acids is 1. The van der Waals surface area contributed by atoms with Crippen LogP contribution in [0.4, 0.5) is 13.2 Å². The molecule has 27 heavy (non-hydrogen) atoms. The van der Waals surface area contributed by atoms with Crippen LogP contribution in [-0.2, 0) is 22.1 Å². The Bertz CT molecular complexity index is 693. The molecule has 0 saturated carbocycles. The molecule has 1 aromatic rings. The molecule has 0 fully saturated rings. The summed E-state index contributed by atoms with van der Waals surface area (Å²) in [4.78, 5) is 10.7. The van der Waals surface area contributed by atoms with Crippen LogP contribution < -0.4 is 4.74 Å². The molecule has 0 atom stereocenters. The fourth-order valence-electron chi connectivity index (χ4n) is 3.09. The van der Waals surface area contributed by atoms with Gasteiger partial charge in [0.05, 0.1) is 18.8 Å². The predicted molar refractivity (Wildman–Crippen MR) is 94.8 cm³/mol. The van der Waals surface area contributed by atoms with Crippen molar-refractivity contribution in [3.05, 3.63) is 40.5 Å². The van der Waals surface area contributed by atoms with Crippen LogP contribution in [-0.4, -0.2) is 30.9 Å². The summed E-state index contributed by atoms with van der Waals surface area (Å²) in [7, 11) is 0. The van der Waals surface area contributed by atoms with Crippen molar-refractivity contribution in [2.45, 2.75) is 45.7 Å². The highest BCUT2D eigenvalue weighted by Gasteiger charge is 2.33. The number of aryl methyl sites for hydroxylation is 1. The molecule has 0 aliphatic carbocycles. The molecule has 0 unspecified atom stereocenters.